The van der Waals surface area contributed by atoms with Crippen molar-refractivity contribution in [3.05, 3.63) is 0 Å². The van der Waals surface area contributed by atoms with Gasteiger partial charge in [0.1, 0.15) is 11.4 Å². The summed E-state index contributed by atoms with van der Waals surface area (Å²) >= 11 is 0. The maximum atomic E-state index is 11.9. The fourth-order valence-corrected chi connectivity index (χ4v) is 2.09. The first-order valence-corrected chi connectivity index (χ1v) is 5.93. The summed E-state index contributed by atoms with van der Waals surface area (Å²) in [5.74, 6) is 0.654. The minimum Gasteiger partial charge on any atom is -0.444 e. The second-order valence-electron chi connectivity index (χ2n) is 5.54. The molecule has 0 radical (unpaired) electrons. The lowest BCUT2D eigenvalue weighted by atomic mass is 10.1. The third kappa shape index (κ3) is 2.81. The molecule has 6 heteroatoms. The SMILES string of the molecule is CC(C)(C)OC(=O)N1CCN2N=C(N)CC2C1. The van der Waals surface area contributed by atoms with Crippen LogP contribution in [0.2, 0.25) is 0 Å². The summed E-state index contributed by atoms with van der Waals surface area (Å²) < 4.78 is 5.35. The van der Waals surface area contributed by atoms with Crippen LogP contribution in [0.4, 0.5) is 4.79 Å². The van der Waals surface area contributed by atoms with Crippen LogP contribution in [-0.4, -0.2) is 53.1 Å². The summed E-state index contributed by atoms with van der Waals surface area (Å²) in [6.07, 6.45) is 0.488. The number of nitrogens with two attached hydrogens (primary N) is 1. The lowest BCUT2D eigenvalue weighted by molar-refractivity contribution is 0.00725. The molecule has 0 saturated carbocycles. The van der Waals surface area contributed by atoms with Crippen molar-refractivity contribution in [3.8, 4) is 0 Å². The predicted molar refractivity (Wildman–Crippen MR) is 64.5 cm³/mol. The summed E-state index contributed by atoms with van der Waals surface area (Å²) in [5, 5.41) is 6.20. The molecule has 17 heavy (non-hydrogen) atoms. The molecule has 0 bridgehead atoms. The van der Waals surface area contributed by atoms with Crippen LogP contribution in [0, 0.1) is 0 Å². The molecule has 1 fully saturated rings. The van der Waals surface area contributed by atoms with E-state index in [1.807, 2.05) is 25.8 Å². The molecule has 1 saturated heterocycles. The van der Waals surface area contributed by atoms with Crippen LogP contribution in [0.1, 0.15) is 27.2 Å². The maximum Gasteiger partial charge on any atom is 0.410 e. The first-order valence-electron chi connectivity index (χ1n) is 5.93. The molecule has 0 aromatic carbocycles. The van der Waals surface area contributed by atoms with Crippen LogP contribution in [0.3, 0.4) is 0 Å². The van der Waals surface area contributed by atoms with Gasteiger partial charge in [0.15, 0.2) is 0 Å². The molecular weight excluding hydrogens is 220 g/mol. The van der Waals surface area contributed by atoms with E-state index in [9.17, 15) is 4.79 Å². The highest BCUT2D eigenvalue weighted by molar-refractivity contribution is 5.82. The minimum absolute atomic E-state index is 0.219. The minimum atomic E-state index is -0.445. The molecule has 0 aromatic heterocycles. The Bertz CT molecular complexity index is 348. The molecule has 0 spiro atoms. The Balaban J connectivity index is 1.91. The Hall–Kier alpha value is -1.46. The van der Waals surface area contributed by atoms with Gasteiger partial charge in [0.25, 0.3) is 0 Å². The Morgan fingerprint density at radius 2 is 2.18 bits per heavy atom. The number of hydrogen-bond acceptors (Lipinski definition) is 5. The summed E-state index contributed by atoms with van der Waals surface area (Å²) in [7, 11) is 0. The van der Waals surface area contributed by atoms with E-state index in [1.165, 1.54) is 0 Å². The van der Waals surface area contributed by atoms with Gasteiger partial charge < -0.3 is 15.4 Å². The molecule has 0 aromatic rings. The number of nitrogens with zero attached hydrogens (tertiary/aromatic N) is 3. The number of carbonyl (C=O) groups excluding carboxylic acids is 1. The number of carbonyl (C=O) groups is 1. The summed E-state index contributed by atoms with van der Waals surface area (Å²) in [5.41, 5.74) is 5.25. The zero-order chi connectivity index (χ0) is 12.6. The van der Waals surface area contributed by atoms with E-state index >= 15 is 0 Å². The van der Waals surface area contributed by atoms with Crippen molar-refractivity contribution < 1.29 is 9.53 Å². The Morgan fingerprint density at radius 1 is 1.47 bits per heavy atom. The van der Waals surface area contributed by atoms with E-state index in [0.29, 0.717) is 18.9 Å². The van der Waals surface area contributed by atoms with Crippen LogP contribution in [0.15, 0.2) is 5.10 Å². The van der Waals surface area contributed by atoms with Crippen LogP contribution in [-0.2, 0) is 4.74 Å². The van der Waals surface area contributed by atoms with Crippen molar-refractivity contribution in [2.24, 2.45) is 10.8 Å². The van der Waals surface area contributed by atoms with E-state index in [1.54, 1.807) is 4.90 Å². The number of ether oxygens (including phenoxy) is 1. The van der Waals surface area contributed by atoms with Crippen molar-refractivity contribution in [2.45, 2.75) is 38.8 Å². The molecule has 2 rings (SSSR count). The topological polar surface area (TPSA) is 71.2 Å². The van der Waals surface area contributed by atoms with Crippen LogP contribution >= 0.6 is 0 Å². The van der Waals surface area contributed by atoms with Crippen molar-refractivity contribution in [2.75, 3.05) is 19.6 Å². The van der Waals surface area contributed by atoms with Crippen molar-refractivity contribution in [1.82, 2.24) is 9.91 Å². The number of piperazine rings is 1. The molecule has 96 valence electrons. The van der Waals surface area contributed by atoms with Gasteiger partial charge in [-0.3, -0.25) is 5.01 Å². The number of rotatable bonds is 0. The zero-order valence-corrected chi connectivity index (χ0v) is 10.6. The average Bonchev–Trinajstić information content (AvgIpc) is 2.53. The second kappa shape index (κ2) is 4.09. The van der Waals surface area contributed by atoms with Crippen LogP contribution in [0.25, 0.3) is 0 Å². The third-order valence-corrected chi connectivity index (χ3v) is 2.81. The molecule has 2 N–H and O–H groups in total. The zero-order valence-electron chi connectivity index (χ0n) is 10.6. The first-order chi connectivity index (χ1) is 7.85. The largest absolute Gasteiger partial charge is 0.444 e. The molecule has 2 heterocycles. The molecule has 1 unspecified atom stereocenters. The van der Waals surface area contributed by atoms with Gasteiger partial charge in [-0.2, -0.15) is 5.10 Å². The molecule has 0 aliphatic carbocycles. The highest BCUT2D eigenvalue weighted by atomic mass is 16.6. The summed E-state index contributed by atoms with van der Waals surface area (Å²) in [4.78, 5) is 13.6. The summed E-state index contributed by atoms with van der Waals surface area (Å²) in [6, 6.07) is 0.219. The number of hydrogen-bond donors (Lipinski definition) is 1. The quantitative estimate of drug-likeness (QED) is 0.672. The Labute approximate surface area is 101 Å². The molecule has 6 nitrogen and oxygen atoms in total. The third-order valence-electron chi connectivity index (χ3n) is 2.81. The smallest absolute Gasteiger partial charge is 0.410 e. The lowest BCUT2D eigenvalue weighted by Gasteiger charge is -2.37. The maximum absolute atomic E-state index is 11.9. The average molecular weight is 240 g/mol. The standard InChI is InChI=1S/C11H20N4O2/c1-11(2,3)17-10(16)14-4-5-15-8(7-14)6-9(12)13-15/h8H,4-7H2,1-3H3,(H2,12,13). The van der Waals surface area contributed by atoms with Gasteiger partial charge in [-0.25, -0.2) is 4.79 Å². The predicted octanol–water partition coefficient (Wildman–Crippen LogP) is 0.584. The van der Waals surface area contributed by atoms with Gasteiger partial charge in [0, 0.05) is 19.5 Å². The van der Waals surface area contributed by atoms with E-state index in [-0.39, 0.29) is 12.1 Å². The van der Waals surface area contributed by atoms with E-state index in [2.05, 4.69) is 5.10 Å². The molecule has 1 amide bonds. The summed E-state index contributed by atoms with van der Waals surface area (Å²) in [6.45, 7) is 7.62. The van der Waals surface area contributed by atoms with Crippen molar-refractivity contribution in [3.63, 3.8) is 0 Å². The molecule has 2 aliphatic rings. The number of amidine groups is 1. The fourth-order valence-electron chi connectivity index (χ4n) is 2.09. The second-order valence-corrected chi connectivity index (χ2v) is 5.54. The highest BCUT2D eigenvalue weighted by Gasteiger charge is 2.34. The van der Waals surface area contributed by atoms with Gasteiger partial charge in [0.2, 0.25) is 0 Å². The van der Waals surface area contributed by atoms with E-state index < -0.39 is 5.60 Å². The van der Waals surface area contributed by atoms with Gasteiger partial charge >= 0.3 is 6.09 Å². The lowest BCUT2D eigenvalue weighted by Crippen LogP contribution is -2.52. The normalized spacial score (nSPS) is 24.4. The van der Waals surface area contributed by atoms with Gasteiger partial charge in [-0.05, 0) is 20.8 Å². The highest BCUT2D eigenvalue weighted by Crippen LogP contribution is 2.20. The number of amides is 1. The van der Waals surface area contributed by atoms with Gasteiger partial charge in [0.05, 0.1) is 12.6 Å². The number of hydrazone groups is 1. The van der Waals surface area contributed by atoms with Crippen LogP contribution in [0.5, 0.6) is 0 Å². The van der Waals surface area contributed by atoms with Crippen molar-refractivity contribution in [1.29, 1.82) is 0 Å². The van der Waals surface area contributed by atoms with E-state index in [0.717, 1.165) is 13.0 Å². The number of fused-ring (bicyclic) bond motifs is 1. The van der Waals surface area contributed by atoms with Crippen molar-refractivity contribution >= 4 is 11.9 Å². The Morgan fingerprint density at radius 3 is 2.82 bits per heavy atom. The molecule has 1 atom stereocenters. The van der Waals surface area contributed by atoms with E-state index in [4.69, 9.17) is 10.5 Å². The van der Waals surface area contributed by atoms with Gasteiger partial charge in [-0.15, -0.1) is 0 Å². The molecular formula is C11H20N4O2. The fraction of sp³-hybridized carbons (Fsp3) is 0.818. The van der Waals surface area contributed by atoms with Gasteiger partial charge in [-0.1, -0.05) is 0 Å². The Kier molecular flexibility index (Phi) is 2.89. The monoisotopic (exact) mass is 240 g/mol. The van der Waals surface area contributed by atoms with Crippen LogP contribution < -0.4 is 5.73 Å². The first kappa shape index (κ1) is 12.0. The molecule has 2 aliphatic heterocycles.